The number of halogens is 5. The number of hydrogen-bond acceptors (Lipinski definition) is 2. The van der Waals surface area contributed by atoms with Gasteiger partial charge in [-0.2, -0.15) is 0 Å². The van der Waals surface area contributed by atoms with E-state index in [-0.39, 0.29) is 12.4 Å². The Labute approximate surface area is 106 Å². The summed E-state index contributed by atoms with van der Waals surface area (Å²) in [5.74, 6) is -5.48. The molecule has 1 aromatic carbocycles. The molecular formula is C10H8ClF4NO2. The van der Waals surface area contributed by atoms with Gasteiger partial charge in [0.2, 0.25) is 0 Å². The molecule has 2 rings (SSSR count). The number of nitrogens with one attached hydrogen (secondary N) is 1. The van der Waals surface area contributed by atoms with Gasteiger partial charge in [0.15, 0.2) is 6.61 Å². The molecule has 100 valence electrons. The number of alkyl halides is 2. The fourth-order valence-electron chi connectivity index (χ4n) is 1.55. The van der Waals surface area contributed by atoms with Crippen molar-refractivity contribution in [3.8, 4) is 0 Å². The van der Waals surface area contributed by atoms with Crippen LogP contribution < -0.4 is 5.32 Å². The quantitative estimate of drug-likeness (QED) is 0.806. The monoisotopic (exact) mass is 285 g/mol. The molecule has 0 radical (unpaired) electrons. The zero-order valence-corrected chi connectivity index (χ0v) is 9.57. The molecule has 1 atom stereocenters. The van der Waals surface area contributed by atoms with Crippen molar-refractivity contribution < 1.29 is 27.1 Å². The maximum absolute atomic E-state index is 13.4. The van der Waals surface area contributed by atoms with Crippen molar-refractivity contribution in [1.29, 1.82) is 0 Å². The van der Waals surface area contributed by atoms with Crippen LogP contribution in [-0.4, -0.2) is 18.6 Å². The zero-order chi connectivity index (χ0) is 12.6. The highest BCUT2D eigenvalue weighted by Gasteiger charge is 2.47. The van der Waals surface area contributed by atoms with Crippen LogP contribution in [0.3, 0.4) is 0 Å². The third-order valence-corrected chi connectivity index (χ3v) is 2.35. The van der Waals surface area contributed by atoms with Gasteiger partial charge in [-0.3, -0.25) is 0 Å². The molecule has 0 bridgehead atoms. The number of rotatable bonds is 1. The summed E-state index contributed by atoms with van der Waals surface area (Å²) in [7, 11) is 0. The molecule has 1 aliphatic heterocycles. The van der Waals surface area contributed by atoms with Crippen molar-refractivity contribution in [3.05, 3.63) is 35.4 Å². The van der Waals surface area contributed by atoms with E-state index in [0.29, 0.717) is 6.07 Å². The van der Waals surface area contributed by atoms with Gasteiger partial charge in [0.05, 0.1) is 0 Å². The van der Waals surface area contributed by atoms with Crippen LogP contribution in [-0.2, 0) is 4.74 Å². The second-order valence-corrected chi connectivity index (χ2v) is 3.58. The van der Waals surface area contributed by atoms with Gasteiger partial charge in [-0.25, -0.2) is 22.4 Å². The molecule has 0 saturated carbocycles. The summed E-state index contributed by atoms with van der Waals surface area (Å²) in [5.41, 5.74) is -0.479. The molecule has 1 heterocycles. The lowest BCUT2D eigenvalue weighted by Gasteiger charge is -2.31. The van der Waals surface area contributed by atoms with Crippen molar-refractivity contribution in [1.82, 2.24) is 5.32 Å². The van der Waals surface area contributed by atoms with Gasteiger partial charge in [0.1, 0.15) is 17.7 Å². The number of carbonyl (C=O) groups is 1. The summed E-state index contributed by atoms with van der Waals surface area (Å²) in [6, 6.07) is 0.335. The van der Waals surface area contributed by atoms with E-state index in [1.165, 1.54) is 0 Å². The molecule has 18 heavy (non-hydrogen) atoms. The zero-order valence-electron chi connectivity index (χ0n) is 8.75. The molecule has 1 aliphatic rings. The molecule has 1 aromatic rings. The highest BCUT2D eigenvalue weighted by atomic mass is 35.5. The summed E-state index contributed by atoms with van der Waals surface area (Å²) in [4.78, 5) is 10.8. The molecule has 1 N–H and O–H groups in total. The smallest absolute Gasteiger partial charge is 0.408 e. The van der Waals surface area contributed by atoms with Gasteiger partial charge in [-0.05, 0) is 6.07 Å². The summed E-state index contributed by atoms with van der Waals surface area (Å²) >= 11 is 0. The van der Waals surface area contributed by atoms with Crippen LogP contribution in [0.4, 0.5) is 22.4 Å². The topological polar surface area (TPSA) is 38.3 Å². The molecule has 0 unspecified atom stereocenters. The standard InChI is InChI=1S/C10H7F4NO2.ClH/c11-5-1-2-6(7(12)3-5)8-10(13,14)4-17-9(16)15-8;/h1-3,8H,4H2,(H,15,16);1H/t8-;/m1./s1. The Balaban J connectivity index is 0.00000162. The third kappa shape index (κ3) is 2.66. The summed E-state index contributed by atoms with van der Waals surface area (Å²) in [6.45, 7) is -1.14. The average Bonchev–Trinajstić information content (AvgIpc) is 2.23. The lowest BCUT2D eigenvalue weighted by molar-refractivity contribution is -0.105. The first-order valence-corrected chi connectivity index (χ1v) is 4.66. The largest absolute Gasteiger partial charge is 0.443 e. The fraction of sp³-hybridized carbons (Fsp3) is 0.300. The summed E-state index contributed by atoms with van der Waals surface area (Å²) < 4.78 is 56.9. The van der Waals surface area contributed by atoms with Crippen LogP contribution in [0.1, 0.15) is 11.6 Å². The number of carbonyl (C=O) groups excluding carboxylic acids is 1. The van der Waals surface area contributed by atoms with Gasteiger partial charge in [-0.15, -0.1) is 12.4 Å². The van der Waals surface area contributed by atoms with Gasteiger partial charge in [0.25, 0.3) is 0 Å². The van der Waals surface area contributed by atoms with Crippen LogP contribution >= 0.6 is 12.4 Å². The van der Waals surface area contributed by atoms with Gasteiger partial charge >= 0.3 is 12.0 Å². The average molecular weight is 286 g/mol. The molecular weight excluding hydrogens is 278 g/mol. The van der Waals surface area contributed by atoms with Crippen LogP contribution in [0, 0.1) is 11.6 Å². The second-order valence-electron chi connectivity index (χ2n) is 3.58. The predicted molar refractivity (Wildman–Crippen MR) is 55.8 cm³/mol. The Hall–Kier alpha value is -1.50. The number of benzene rings is 1. The Morgan fingerprint density at radius 3 is 2.61 bits per heavy atom. The molecule has 0 aromatic heterocycles. The second kappa shape index (κ2) is 5.01. The Bertz CT molecular complexity index is 469. The molecule has 3 nitrogen and oxygen atoms in total. The number of amides is 1. The van der Waals surface area contributed by atoms with Crippen LogP contribution in [0.15, 0.2) is 18.2 Å². The van der Waals surface area contributed by atoms with Gasteiger partial charge in [0, 0.05) is 11.6 Å². The van der Waals surface area contributed by atoms with E-state index >= 15 is 0 Å². The first-order valence-electron chi connectivity index (χ1n) is 4.66. The molecule has 1 fully saturated rings. The van der Waals surface area contributed by atoms with Crippen molar-refractivity contribution >= 4 is 18.5 Å². The molecule has 1 amide bonds. The van der Waals surface area contributed by atoms with Gasteiger partial charge in [-0.1, -0.05) is 6.07 Å². The summed E-state index contributed by atoms with van der Waals surface area (Å²) in [6.07, 6.45) is -1.07. The number of cyclic esters (lactones) is 1. The molecule has 1 saturated heterocycles. The van der Waals surface area contributed by atoms with E-state index in [4.69, 9.17) is 0 Å². The maximum atomic E-state index is 13.4. The van der Waals surface area contributed by atoms with Gasteiger partial charge < -0.3 is 10.1 Å². The first-order chi connectivity index (χ1) is 7.90. The van der Waals surface area contributed by atoms with Crippen molar-refractivity contribution in [2.75, 3.05) is 6.61 Å². The van der Waals surface area contributed by atoms with E-state index < -0.39 is 41.9 Å². The maximum Gasteiger partial charge on any atom is 0.408 e. The Morgan fingerprint density at radius 1 is 1.33 bits per heavy atom. The number of hydrogen-bond donors (Lipinski definition) is 1. The molecule has 8 heteroatoms. The minimum Gasteiger partial charge on any atom is -0.443 e. The van der Waals surface area contributed by atoms with E-state index in [0.717, 1.165) is 12.1 Å². The normalized spacial score (nSPS) is 21.6. The van der Waals surface area contributed by atoms with E-state index in [2.05, 4.69) is 4.74 Å². The third-order valence-electron chi connectivity index (χ3n) is 2.35. The minimum atomic E-state index is -3.45. The van der Waals surface area contributed by atoms with Crippen molar-refractivity contribution in [2.24, 2.45) is 0 Å². The van der Waals surface area contributed by atoms with E-state index in [1.54, 1.807) is 0 Å². The minimum absolute atomic E-state index is 0. The number of ether oxygens (including phenoxy) is 1. The lowest BCUT2D eigenvalue weighted by Crippen LogP contribution is -2.49. The molecule has 0 aliphatic carbocycles. The molecule has 0 spiro atoms. The van der Waals surface area contributed by atoms with E-state index in [1.807, 2.05) is 5.32 Å². The van der Waals surface area contributed by atoms with E-state index in [9.17, 15) is 22.4 Å². The Morgan fingerprint density at radius 2 is 2.00 bits per heavy atom. The van der Waals surface area contributed by atoms with Crippen LogP contribution in [0.5, 0.6) is 0 Å². The highest BCUT2D eigenvalue weighted by molar-refractivity contribution is 5.85. The SMILES string of the molecule is Cl.O=C1N[C@H](c2ccc(F)cc2F)C(F)(F)CO1. The lowest BCUT2D eigenvalue weighted by atomic mass is 9.99. The van der Waals surface area contributed by atoms with Crippen LogP contribution in [0.25, 0.3) is 0 Å². The summed E-state index contributed by atoms with van der Waals surface area (Å²) in [5, 5.41) is 1.81. The van der Waals surface area contributed by atoms with Crippen molar-refractivity contribution in [3.63, 3.8) is 0 Å². The van der Waals surface area contributed by atoms with Crippen LogP contribution in [0.2, 0.25) is 0 Å². The fourth-order valence-corrected chi connectivity index (χ4v) is 1.55. The number of alkyl carbamates (subject to hydrolysis) is 1. The Kier molecular flexibility index (Phi) is 4.05. The first kappa shape index (κ1) is 14.6. The predicted octanol–water partition coefficient (Wildman–Crippen LogP) is 2.80. The van der Waals surface area contributed by atoms with Crippen molar-refractivity contribution in [2.45, 2.75) is 12.0 Å². The highest BCUT2D eigenvalue weighted by Crippen LogP contribution is 2.35.